The van der Waals surface area contributed by atoms with Gasteiger partial charge < -0.3 is 19.5 Å². The molecule has 0 aromatic heterocycles. The van der Waals surface area contributed by atoms with Gasteiger partial charge in [0.05, 0.1) is 30.0 Å². The van der Waals surface area contributed by atoms with Crippen LogP contribution in [-0.4, -0.2) is 25.5 Å². The van der Waals surface area contributed by atoms with E-state index >= 15 is 0 Å². The summed E-state index contributed by atoms with van der Waals surface area (Å²) in [7, 11) is 1.32. The zero-order valence-corrected chi connectivity index (χ0v) is 22.6. The van der Waals surface area contributed by atoms with E-state index in [4.69, 9.17) is 37.4 Å². The van der Waals surface area contributed by atoms with Crippen molar-refractivity contribution in [3.8, 4) is 11.5 Å². The van der Waals surface area contributed by atoms with Crippen molar-refractivity contribution in [3.63, 3.8) is 0 Å². The van der Waals surface area contributed by atoms with Crippen molar-refractivity contribution in [1.29, 1.82) is 0 Å². The molecular formula is C30H25Cl2NO5. The first-order chi connectivity index (χ1) is 18.3. The van der Waals surface area contributed by atoms with E-state index in [1.165, 1.54) is 7.11 Å². The van der Waals surface area contributed by atoms with Crippen molar-refractivity contribution in [2.75, 3.05) is 13.7 Å². The third-order valence-corrected chi connectivity index (χ3v) is 7.15. The van der Waals surface area contributed by atoms with E-state index in [2.05, 4.69) is 5.32 Å². The summed E-state index contributed by atoms with van der Waals surface area (Å²) in [6.07, 6.45) is 0. The standard InChI is InChI=1S/C30H25Cl2NO5/c1-4-37-23-14-18(13-22(32)29(23)38-15-17-9-11-19(31)12-10-17)25-24(30(35)36-3)16(2)33-27-20-7-5-6-8-21(20)28(34)26(25)27/h5-14,25,33H,4,15H2,1-3H3/t25-/m0/s1. The van der Waals surface area contributed by atoms with E-state index in [0.717, 1.165) is 11.1 Å². The molecule has 3 aromatic rings. The predicted molar refractivity (Wildman–Crippen MR) is 147 cm³/mol. The Morgan fingerprint density at radius 3 is 2.39 bits per heavy atom. The third-order valence-electron chi connectivity index (χ3n) is 6.62. The second kappa shape index (κ2) is 10.6. The van der Waals surface area contributed by atoms with E-state index in [-0.39, 0.29) is 12.4 Å². The van der Waals surface area contributed by atoms with Crippen molar-refractivity contribution in [2.24, 2.45) is 0 Å². The molecule has 0 radical (unpaired) electrons. The van der Waals surface area contributed by atoms with Gasteiger partial charge in [0.15, 0.2) is 17.3 Å². The molecule has 194 valence electrons. The Hall–Kier alpha value is -3.74. The molecule has 1 N–H and O–H groups in total. The Kier molecular flexibility index (Phi) is 7.19. The first kappa shape index (κ1) is 25.9. The Labute approximate surface area is 230 Å². The maximum Gasteiger partial charge on any atom is 0.336 e. The van der Waals surface area contributed by atoms with Crippen LogP contribution in [0, 0.1) is 0 Å². The lowest BCUT2D eigenvalue weighted by molar-refractivity contribution is -0.136. The van der Waals surface area contributed by atoms with E-state index in [9.17, 15) is 9.59 Å². The van der Waals surface area contributed by atoms with Gasteiger partial charge in [-0.15, -0.1) is 0 Å². The van der Waals surface area contributed by atoms with Gasteiger partial charge in [-0.2, -0.15) is 0 Å². The number of nitrogens with one attached hydrogen (secondary N) is 1. The van der Waals surface area contributed by atoms with Crippen LogP contribution in [0.3, 0.4) is 0 Å². The van der Waals surface area contributed by atoms with Gasteiger partial charge in [0, 0.05) is 33.3 Å². The number of ether oxygens (including phenoxy) is 3. The molecule has 1 aliphatic carbocycles. The lowest BCUT2D eigenvalue weighted by atomic mass is 9.79. The zero-order valence-electron chi connectivity index (χ0n) is 21.1. The number of halogens is 2. The Morgan fingerprint density at radius 2 is 1.71 bits per heavy atom. The van der Waals surface area contributed by atoms with E-state index in [1.807, 2.05) is 37.3 Å². The summed E-state index contributed by atoms with van der Waals surface area (Å²) in [6, 6.07) is 18.2. The number of carbonyl (C=O) groups is 2. The molecule has 1 heterocycles. The highest BCUT2D eigenvalue weighted by molar-refractivity contribution is 6.32. The van der Waals surface area contributed by atoms with Crippen molar-refractivity contribution in [1.82, 2.24) is 5.32 Å². The molecule has 5 rings (SSSR count). The Morgan fingerprint density at radius 1 is 1.00 bits per heavy atom. The quantitative estimate of drug-likeness (QED) is 0.330. The van der Waals surface area contributed by atoms with Crippen LogP contribution in [0.2, 0.25) is 10.0 Å². The van der Waals surface area contributed by atoms with Gasteiger partial charge in [-0.05, 0) is 49.2 Å². The van der Waals surface area contributed by atoms with Crippen LogP contribution in [0.5, 0.6) is 11.5 Å². The average Bonchev–Trinajstić information content (AvgIpc) is 3.19. The molecule has 3 aromatic carbocycles. The van der Waals surface area contributed by atoms with Crippen LogP contribution in [0.15, 0.2) is 77.5 Å². The maximum atomic E-state index is 13.7. The molecule has 0 saturated heterocycles. The molecule has 0 saturated carbocycles. The van der Waals surface area contributed by atoms with Crippen LogP contribution in [0.25, 0.3) is 5.70 Å². The second-order valence-corrected chi connectivity index (χ2v) is 9.77. The van der Waals surface area contributed by atoms with Crippen LogP contribution in [0.1, 0.15) is 46.8 Å². The summed E-state index contributed by atoms with van der Waals surface area (Å²) < 4.78 is 17.1. The zero-order chi connectivity index (χ0) is 27.0. The molecule has 0 bridgehead atoms. The minimum atomic E-state index is -0.722. The summed E-state index contributed by atoms with van der Waals surface area (Å²) in [5, 5.41) is 4.21. The number of allylic oxidation sites excluding steroid dienone is 2. The van der Waals surface area contributed by atoms with Crippen LogP contribution >= 0.6 is 23.2 Å². The van der Waals surface area contributed by atoms with E-state index < -0.39 is 11.9 Å². The van der Waals surface area contributed by atoms with Gasteiger partial charge in [0.2, 0.25) is 0 Å². The first-order valence-corrected chi connectivity index (χ1v) is 12.9. The van der Waals surface area contributed by atoms with Gasteiger partial charge in [-0.1, -0.05) is 59.6 Å². The lowest BCUT2D eigenvalue weighted by Gasteiger charge is -2.29. The number of dihydropyridines is 1. The number of carbonyl (C=O) groups excluding carboxylic acids is 2. The number of ketones is 1. The first-order valence-electron chi connectivity index (χ1n) is 12.1. The van der Waals surface area contributed by atoms with Gasteiger partial charge >= 0.3 is 5.97 Å². The summed E-state index contributed by atoms with van der Waals surface area (Å²) in [4.78, 5) is 26.7. The smallest absolute Gasteiger partial charge is 0.336 e. The second-order valence-electron chi connectivity index (χ2n) is 8.93. The number of benzene rings is 3. The topological polar surface area (TPSA) is 73.9 Å². The molecule has 0 unspecified atom stereocenters. The van der Waals surface area contributed by atoms with Gasteiger partial charge in [0.1, 0.15) is 6.61 Å². The molecule has 8 heteroatoms. The van der Waals surface area contributed by atoms with Gasteiger partial charge in [-0.3, -0.25) is 4.79 Å². The number of rotatable bonds is 7. The SMILES string of the molecule is CCOc1cc([C@H]2C(C(=O)OC)=C(C)NC3=C2C(=O)c2ccccc23)cc(Cl)c1OCc1ccc(Cl)cc1. The molecule has 2 aliphatic rings. The number of Topliss-reactive ketones (excluding diaryl/α,β-unsaturated/α-hetero) is 1. The van der Waals surface area contributed by atoms with Gasteiger partial charge in [0.25, 0.3) is 0 Å². The number of hydrogen-bond donors (Lipinski definition) is 1. The van der Waals surface area contributed by atoms with Crippen molar-refractivity contribution in [3.05, 3.63) is 110 Å². The summed E-state index contributed by atoms with van der Waals surface area (Å²) in [5.41, 5.74) is 4.97. The molecule has 38 heavy (non-hydrogen) atoms. The van der Waals surface area contributed by atoms with Crippen LogP contribution in [-0.2, 0) is 16.1 Å². The van der Waals surface area contributed by atoms with E-state index in [0.29, 0.717) is 61.8 Å². The Balaban J connectivity index is 1.61. The summed E-state index contributed by atoms with van der Waals surface area (Å²) in [5.74, 6) is -0.626. The summed E-state index contributed by atoms with van der Waals surface area (Å²) in [6.45, 7) is 4.26. The number of hydrogen-bond acceptors (Lipinski definition) is 6. The molecule has 1 aliphatic heterocycles. The highest BCUT2D eigenvalue weighted by Crippen LogP contribution is 2.49. The molecule has 6 nitrogen and oxygen atoms in total. The maximum absolute atomic E-state index is 13.7. The minimum Gasteiger partial charge on any atom is -0.490 e. The molecule has 0 amide bonds. The van der Waals surface area contributed by atoms with Crippen molar-refractivity contribution < 1.29 is 23.8 Å². The molecular weight excluding hydrogens is 525 g/mol. The number of fused-ring (bicyclic) bond motifs is 2. The minimum absolute atomic E-state index is 0.154. The summed E-state index contributed by atoms with van der Waals surface area (Å²) >= 11 is 12.8. The van der Waals surface area contributed by atoms with E-state index in [1.54, 1.807) is 37.3 Å². The molecule has 1 atom stereocenters. The fraction of sp³-hybridized carbons (Fsp3) is 0.200. The monoisotopic (exact) mass is 549 g/mol. The highest BCUT2D eigenvalue weighted by Gasteiger charge is 2.43. The lowest BCUT2D eigenvalue weighted by Crippen LogP contribution is -2.29. The van der Waals surface area contributed by atoms with Crippen molar-refractivity contribution >= 4 is 40.7 Å². The largest absolute Gasteiger partial charge is 0.490 e. The normalized spacial score (nSPS) is 16.1. The average molecular weight is 550 g/mol. The number of esters is 1. The van der Waals surface area contributed by atoms with Crippen LogP contribution < -0.4 is 14.8 Å². The highest BCUT2D eigenvalue weighted by atomic mass is 35.5. The van der Waals surface area contributed by atoms with Crippen molar-refractivity contribution in [2.45, 2.75) is 26.4 Å². The fourth-order valence-electron chi connectivity index (χ4n) is 4.94. The third kappa shape index (κ3) is 4.55. The van der Waals surface area contributed by atoms with Crippen LogP contribution in [0.4, 0.5) is 0 Å². The predicted octanol–water partition coefficient (Wildman–Crippen LogP) is 6.71. The van der Waals surface area contributed by atoms with Gasteiger partial charge in [-0.25, -0.2) is 4.79 Å². The molecule has 0 spiro atoms. The fourth-order valence-corrected chi connectivity index (χ4v) is 5.34. The molecule has 0 fully saturated rings. The number of methoxy groups -OCH3 is 1. The Bertz CT molecular complexity index is 1510.